The van der Waals surface area contributed by atoms with Crippen LogP contribution in [0.2, 0.25) is 0 Å². The maximum Gasteiger partial charge on any atom is 0.335 e. The molecule has 2 aliphatic rings. The lowest BCUT2D eigenvalue weighted by molar-refractivity contribution is 0.0697. The van der Waals surface area contributed by atoms with Gasteiger partial charge in [0.1, 0.15) is 0 Å². The first kappa shape index (κ1) is 21.3. The molecule has 1 heterocycles. The molecule has 0 saturated carbocycles. The van der Waals surface area contributed by atoms with Crippen molar-refractivity contribution in [3.8, 4) is 0 Å². The van der Waals surface area contributed by atoms with Crippen LogP contribution in [0.5, 0.6) is 0 Å². The van der Waals surface area contributed by atoms with E-state index in [-0.39, 0.29) is 22.4 Å². The van der Waals surface area contributed by atoms with Crippen LogP contribution in [0.3, 0.4) is 0 Å². The molecule has 3 aromatic carbocycles. The molecule has 5 rings (SSSR count). The van der Waals surface area contributed by atoms with Gasteiger partial charge in [0, 0.05) is 17.3 Å². The number of carboxylic acid groups (broad SMARTS) is 1. The zero-order valence-corrected chi connectivity index (χ0v) is 18.8. The van der Waals surface area contributed by atoms with E-state index in [1.807, 2.05) is 6.07 Å². The van der Waals surface area contributed by atoms with Crippen molar-refractivity contribution in [1.82, 2.24) is 0 Å². The summed E-state index contributed by atoms with van der Waals surface area (Å²) in [6.45, 7) is 2.07. The Labute approximate surface area is 193 Å². The lowest BCUT2D eigenvalue weighted by atomic mass is 9.77. The van der Waals surface area contributed by atoms with Crippen LogP contribution in [0.25, 0.3) is 0 Å². The molecule has 33 heavy (non-hydrogen) atoms. The van der Waals surface area contributed by atoms with Crippen molar-refractivity contribution in [2.45, 2.75) is 30.2 Å². The number of aryl methyl sites for hydroxylation is 1. The molecular formula is C26H24N2O4S. The zero-order chi connectivity index (χ0) is 23.2. The second kappa shape index (κ2) is 8.08. The van der Waals surface area contributed by atoms with Crippen molar-refractivity contribution >= 4 is 27.4 Å². The number of sulfonamides is 1. The summed E-state index contributed by atoms with van der Waals surface area (Å²) in [6.07, 6.45) is 5.29. The second-order valence-electron chi connectivity index (χ2n) is 8.62. The van der Waals surface area contributed by atoms with Gasteiger partial charge in [0.2, 0.25) is 0 Å². The van der Waals surface area contributed by atoms with Crippen LogP contribution in [0.1, 0.15) is 45.4 Å². The van der Waals surface area contributed by atoms with Gasteiger partial charge in [-0.1, -0.05) is 42.0 Å². The van der Waals surface area contributed by atoms with Gasteiger partial charge in [-0.3, -0.25) is 4.72 Å². The van der Waals surface area contributed by atoms with Gasteiger partial charge in [-0.25, -0.2) is 13.2 Å². The molecule has 0 amide bonds. The molecule has 3 atom stereocenters. The number of hydrogen-bond acceptors (Lipinski definition) is 4. The van der Waals surface area contributed by atoms with Crippen LogP contribution in [0.15, 0.2) is 83.8 Å². The van der Waals surface area contributed by atoms with E-state index in [2.05, 4.69) is 53.4 Å². The average Bonchev–Trinajstić information content (AvgIpc) is 3.29. The van der Waals surface area contributed by atoms with E-state index in [1.54, 1.807) is 12.1 Å². The molecule has 3 aromatic rings. The Hall–Kier alpha value is -3.58. The number of carboxylic acids is 1. The van der Waals surface area contributed by atoms with Crippen LogP contribution < -0.4 is 10.0 Å². The third-order valence-corrected chi connectivity index (χ3v) is 7.84. The Kier molecular flexibility index (Phi) is 5.21. The average molecular weight is 461 g/mol. The van der Waals surface area contributed by atoms with Crippen molar-refractivity contribution in [3.05, 3.63) is 101 Å². The van der Waals surface area contributed by atoms with Gasteiger partial charge in [0.15, 0.2) is 0 Å². The summed E-state index contributed by atoms with van der Waals surface area (Å²) >= 11 is 0. The van der Waals surface area contributed by atoms with E-state index in [0.29, 0.717) is 11.6 Å². The smallest absolute Gasteiger partial charge is 0.335 e. The van der Waals surface area contributed by atoms with Gasteiger partial charge < -0.3 is 10.4 Å². The van der Waals surface area contributed by atoms with E-state index >= 15 is 0 Å². The molecule has 3 N–H and O–H groups in total. The first-order chi connectivity index (χ1) is 15.8. The van der Waals surface area contributed by atoms with Crippen LogP contribution in [-0.4, -0.2) is 19.5 Å². The van der Waals surface area contributed by atoms with Crippen molar-refractivity contribution in [3.63, 3.8) is 0 Å². The lowest BCUT2D eigenvalue weighted by Crippen LogP contribution is -2.29. The Morgan fingerprint density at radius 3 is 2.45 bits per heavy atom. The van der Waals surface area contributed by atoms with Crippen molar-refractivity contribution in [2.75, 3.05) is 10.0 Å². The number of aromatic carboxylic acids is 1. The Morgan fingerprint density at radius 2 is 1.76 bits per heavy atom. The van der Waals surface area contributed by atoms with Crippen molar-refractivity contribution in [2.24, 2.45) is 5.92 Å². The quantitative estimate of drug-likeness (QED) is 0.448. The third-order valence-electron chi connectivity index (χ3n) is 6.47. The van der Waals surface area contributed by atoms with E-state index in [0.717, 1.165) is 17.7 Å². The Bertz CT molecular complexity index is 1350. The molecule has 7 heteroatoms. The monoisotopic (exact) mass is 460 g/mol. The standard InChI is InChI=1S/C26H24N2O4S/c1-16-5-7-17(8-6-16)25-22-4-2-3-21(22)23-15-20(13-14-24(23)27-25)33(31,32)28-19-11-9-18(10-12-19)26(29)30/h2-3,5-15,21-22,25,27-28H,4H2,1H3,(H,29,30)/t21-,22+,25+/m0/s1. The van der Waals surface area contributed by atoms with E-state index in [9.17, 15) is 13.2 Å². The Morgan fingerprint density at radius 1 is 1.03 bits per heavy atom. The number of benzene rings is 3. The van der Waals surface area contributed by atoms with Gasteiger partial charge in [0.25, 0.3) is 10.0 Å². The van der Waals surface area contributed by atoms with Gasteiger partial charge in [-0.05, 0) is 72.9 Å². The number of carbonyl (C=O) groups is 1. The SMILES string of the molecule is Cc1ccc([C@H]2Nc3ccc(S(=O)(=O)Nc4ccc(C(=O)O)cc4)cc3[C@H]3C=CC[C@H]32)cc1. The summed E-state index contributed by atoms with van der Waals surface area (Å²) in [5, 5.41) is 12.7. The van der Waals surface area contributed by atoms with Gasteiger partial charge in [-0.2, -0.15) is 0 Å². The predicted molar refractivity (Wildman–Crippen MR) is 128 cm³/mol. The zero-order valence-electron chi connectivity index (χ0n) is 18.0. The number of anilines is 2. The fourth-order valence-electron chi connectivity index (χ4n) is 4.74. The highest BCUT2D eigenvalue weighted by Crippen LogP contribution is 2.50. The molecule has 0 saturated heterocycles. The number of fused-ring (bicyclic) bond motifs is 3. The van der Waals surface area contributed by atoms with E-state index in [4.69, 9.17) is 5.11 Å². The number of rotatable bonds is 5. The van der Waals surface area contributed by atoms with Crippen LogP contribution >= 0.6 is 0 Å². The molecule has 0 spiro atoms. The highest BCUT2D eigenvalue weighted by atomic mass is 32.2. The second-order valence-corrected chi connectivity index (χ2v) is 10.3. The highest BCUT2D eigenvalue weighted by molar-refractivity contribution is 7.92. The fourth-order valence-corrected chi connectivity index (χ4v) is 5.83. The molecule has 0 radical (unpaired) electrons. The summed E-state index contributed by atoms with van der Waals surface area (Å²) in [5.41, 5.74) is 4.78. The van der Waals surface area contributed by atoms with E-state index in [1.165, 1.54) is 35.4 Å². The van der Waals surface area contributed by atoms with Crippen LogP contribution in [0.4, 0.5) is 11.4 Å². The molecule has 0 bridgehead atoms. The molecule has 6 nitrogen and oxygen atoms in total. The Balaban J connectivity index is 1.45. The van der Waals surface area contributed by atoms with Gasteiger partial charge in [0.05, 0.1) is 16.5 Å². The molecule has 168 valence electrons. The normalized spacial score (nSPS) is 21.1. The minimum absolute atomic E-state index is 0.0972. The van der Waals surface area contributed by atoms with Crippen molar-refractivity contribution in [1.29, 1.82) is 0 Å². The maximum absolute atomic E-state index is 13.1. The van der Waals surface area contributed by atoms with Crippen LogP contribution in [-0.2, 0) is 10.0 Å². The minimum Gasteiger partial charge on any atom is -0.478 e. The molecule has 0 aromatic heterocycles. The van der Waals surface area contributed by atoms with Gasteiger partial charge in [-0.15, -0.1) is 0 Å². The van der Waals surface area contributed by atoms with Crippen molar-refractivity contribution < 1.29 is 18.3 Å². The molecule has 0 unspecified atom stereocenters. The summed E-state index contributed by atoms with van der Waals surface area (Å²) in [7, 11) is -3.83. The molecule has 1 aliphatic heterocycles. The molecule has 1 aliphatic carbocycles. The number of allylic oxidation sites excluding steroid dienone is 2. The minimum atomic E-state index is -3.83. The molecule has 0 fully saturated rings. The van der Waals surface area contributed by atoms with Crippen LogP contribution in [0, 0.1) is 12.8 Å². The predicted octanol–water partition coefficient (Wildman–Crippen LogP) is 5.32. The summed E-state index contributed by atoms with van der Waals surface area (Å²) < 4.78 is 28.6. The molecular weight excluding hydrogens is 436 g/mol. The number of nitrogens with one attached hydrogen (secondary N) is 2. The van der Waals surface area contributed by atoms with Gasteiger partial charge >= 0.3 is 5.97 Å². The highest BCUT2D eigenvalue weighted by Gasteiger charge is 2.38. The summed E-state index contributed by atoms with van der Waals surface area (Å²) in [6, 6.07) is 19.5. The number of hydrogen-bond donors (Lipinski definition) is 3. The van der Waals surface area contributed by atoms with E-state index < -0.39 is 16.0 Å². The third kappa shape index (κ3) is 4.00. The fraction of sp³-hybridized carbons (Fsp3) is 0.192. The topological polar surface area (TPSA) is 95.5 Å². The largest absolute Gasteiger partial charge is 0.478 e. The lowest BCUT2D eigenvalue weighted by Gasteiger charge is -2.37. The summed E-state index contributed by atoms with van der Waals surface area (Å²) in [4.78, 5) is 11.2. The first-order valence-corrected chi connectivity index (χ1v) is 12.3. The summed E-state index contributed by atoms with van der Waals surface area (Å²) in [5.74, 6) is -0.609. The first-order valence-electron chi connectivity index (χ1n) is 10.8. The maximum atomic E-state index is 13.1.